The Hall–Kier alpha value is -0.570. The van der Waals surface area contributed by atoms with Gasteiger partial charge in [0.25, 0.3) is 0 Å². The second-order valence-corrected chi connectivity index (χ2v) is 5.66. The third kappa shape index (κ3) is 3.70. The first-order valence-electron chi connectivity index (χ1n) is 7.28. The van der Waals surface area contributed by atoms with Crippen molar-refractivity contribution in [2.45, 2.75) is 57.9 Å². The molecule has 3 nitrogen and oxygen atoms in total. The second kappa shape index (κ2) is 6.39. The van der Waals surface area contributed by atoms with Crippen molar-refractivity contribution in [2.75, 3.05) is 19.6 Å². The topological polar surface area (TPSA) is 32.3 Å². The number of hydrogen-bond donors (Lipinski definition) is 1. The molecular weight excluding hydrogens is 212 g/mol. The monoisotopic (exact) mass is 238 g/mol. The minimum Gasteiger partial charge on any atom is -0.342 e. The molecule has 0 unspecified atom stereocenters. The minimum absolute atomic E-state index is 0.296. The molecule has 1 heterocycles. The molecule has 2 fully saturated rings. The van der Waals surface area contributed by atoms with Gasteiger partial charge in [0.1, 0.15) is 0 Å². The molecule has 17 heavy (non-hydrogen) atoms. The van der Waals surface area contributed by atoms with Gasteiger partial charge in [-0.05, 0) is 38.5 Å². The highest BCUT2D eigenvalue weighted by molar-refractivity contribution is 5.78. The first-order chi connectivity index (χ1) is 8.27. The molecule has 1 atom stereocenters. The average molecular weight is 238 g/mol. The molecule has 1 aliphatic heterocycles. The van der Waals surface area contributed by atoms with Crippen LogP contribution in [0.25, 0.3) is 0 Å². The summed E-state index contributed by atoms with van der Waals surface area (Å²) in [6, 6.07) is 0.502. The van der Waals surface area contributed by atoms with Crippen LogP contribution in [0.5, 0.6) is 0 Å². The van der Waals surface area contributed by atoms with Crippen molar-refractivity contribution in [2.24, 2.45) is 5.92 Å². The van der Waals surface area contributed by atoms with Gasteiger partial charge in [-0.25, -0.2) is 0 Å². The standard InChI is InChI=1S/C14H26N2O/c1-12(13-7-3-2-4-8-13)15-11-14(17)16-9-5-6-10-16/h12-13,15H,2-11H2,1H3/t12-/m1/s1. The highest BCUT2D eigenvalue weighted by Crippen LogP contribution is 2.26. The molecule has 0 radical (unpaired) electrons. The van der Waals surface area contributed by atoms with E-state index in [0.717, 1.165) is 19.0 Å². The van der Waals surface area contributed by atoms with Gasteiger partial charge < -0.3 is 10.2 Å². The van der Waals surface area contributed by atoms with Crippen LogP contribution < -0.4 is 5.32 Å². The summed E-state index contributed by atoms with van der Waals surface area (Å²) in [5, 5.41) is 3.44. The number of amides is 1. The predicted octanol–water partition coefficient (Wildman–Crippen LogP) is 2.17. The Morgan fingerprint density at radius 2 is 1.82 bits per heavy atom. The molecule has 2 aliphatic rings. The van der Waals surface area contributed by atoms with Crippen molar-refractivity contribution < 1.29 is 4.79 Å². The molecule has 3 heteroatoms. The summed E-state index contributed by atoms with van der Waals surface area (Å²) in [5.74, 6) is 1.08. The van der Waals surface area contributed by atoms with E-state index in [-0.39, 0.29) is 0 Å². The van der Waals surface area contributed by atoms with E-state index in [1.807, 2.05) is 4.90 Å². The van der Waals surface area contributed by atoms with Gasteiger partial charge in [0.15, 0.2) is 0 Å². The summed E-state index contributed by atoms with van der Waals surface area (Å²) in [6.45, 7) is 4.72. The first-order valence-corrected chi connectivity index (χ1v) is 7.28. The Bertz CT molecular complexity index is 243. The van der Waals surface area contributed by atoms with Crippen LogP contribution in [0.15, 0.2) is 0 Å². The predicted molar refractivity (Wildman–Crippen MR) is 69.9 cm³/mol. The van der Waals surface area contributed by atoms with Gasteiger partial charge in [-0.3, -0.25) is 4.79 Å². The fourth-order valence-electron chi connectivity index (χ4n) is 3.13. The van der Waals surface area contributed by atoms with E-state index >= 15 is 0 Å². The van der Waals surface area contributed by atoms with E-state index in [9.17, 15) is 4.79 Å². The number of nitrogens with zero attached hydrogens (tertiary/aromatic N) is 1. The van der Waals surface area contributed by atoms with Crippen molar-refractivity contribution in [1.82, 2.24) is 10.2 Å². The summed E-state index contributed by atoms with van der Waals surface area (Å²) in [6.07, 6.45) is 9.19. The van der Waals surface area contributed by atoms with Gasteiger partial charge >= 0.3 is 0 Å². The van der Waals surface area contributed by atoms with Crippen LogP contribution in [-0.2, 0) is 4.79 Å². The third-order valence-electron chi connectivity index (χ3n) is 4.39. The van der Waals surface area contributed by atoms with Crippen LogP contribution in [0.4, 0.5) is 0 Å². The number of carbonyl (C=O) groups excluding carboxylic acids is 1. The van der Waals surface area contributed by atoms with E-state index in [4.69, 9.17) is 0 Å². The second-order valence-electron chi connectivity index (χ2n) is 5.66. The van der Waals surface area contributed by atoms with Gasteiger partial charge in [-0.1, -0.05) is 19.3 Å². The molecule has 2 rings (SSSR count). The minimum atomic E-state index is 0.296. The van der Waals surface area contributed by atoms with E-state index in [2.05, 4.69) is 12.2 Å². The number of rotatable bonds is 4. The molecular formula is C14H26N2O. The number of likely N-dealkylation sites (tertiary alicyclic amines) is 1. The molecule has 0 aromatic heterocycles. The zero-order chi connectivity index (χ0) is 12.1. The van der Waals surface area contributed by atoms with E-state index in [0.29, 0.717) is 18.5 Å². The van der Waals surface area contributed by atoms with Crippen molar-refractivity contribution in [3.63, 3.8) is 0 Å². The lowest BCUT2D eigenvalue weighted by Gasteiger charge is -2.28. The number of nitrogens with one attached hydrogen (secondary N) is 1. The van der Waals surface area contributed by atoms with Crippen LogP contribution in [-0.4, -0.2) is 36.5 Å². The maximum absolute atomic E-state index is 11.9. The first kappa shape index (κ1) is 12.9. The third-order valence-corrected chi connectivity index (χ3v) is 4.39. The van der Waals surface area contributed by atoms with Gasteiger partial charge in [0.05, 0.1) is 6.54 Å². The largest absolute Gasteiger partial charge is 0.342 e. The molecule has 0 spiro atoms. The normalized spacial score (nSPS) is 23.9. The maximum atomic E-state index is 11.9. The van der Waals surface area contributed by atoms with Crippen LogP contribution in [0.2, 0.25) is 0 Å². The zero-order valence-electron chi connectivity index (χ0n) is 11.1. The maximum Gasteiger partial charge on any atom is 0.236 e. The Balaban J connectivity index is 1.67. The van der Waals surface area contributed by atoms with Crippen molar-refractivity contribution in [1.29, 1.82) is 0 Å². The van der Waals surface area contributed by atoms with Crippen LogP contribution >= 0.6 is 0 Å². The van der Waals surface area contributed by atoms with Crippen LogP contribution in [0, 0.1) is 5.92 Å². The lowest BCUT2D eigenvalue weighted by Crippen LogP contribution is -2.42. The fourth-order valence-corrected chi connectivity index (χ4v) is 3.13. The summed E-state index contributed by atoms with van der Waals surface area (Å²) in [4.78, 5) is 13.9. The lowest BCUT2D eigenvalue weighted by atomic mass is 9.84. The number of carbonyl (C=O) groups is 1. The fraction of sp³-hybridized carbons (Fsp3) is 0.929. The van der Waals surface area contributed by atoms with Gasteiger partial charge in [0.2, 0.25) is 5.91 Å². The SMILES string of the molecule is C[C@@H](NCC(=O)N1CCCC1)C1CCCCC1. The van der Waals surface area contributed by atoms with Crippen molar-refractivity contribution >= 4 is 5.91 Å². The zero-order valence-corrected chi connectivity index (χ0v) is 11.1. The molecule has 0 aromatic carbocycles. The van der Waals surface area contributed by atoms with Crippen LogP contribution in [0.3, 0.4) is 0 Å². The van der Waals surface area contributed by atoms with Gasteiger partial charge in [-0.2, -0.15) is 0 Å². The highest BCUT2D eigenvalue weighted by atomic mass is 16.2. The summed E-state index contributed by atoms with van der Waals surface area (Å²) in [7, 11) is 0. The number of hydrogen-bond acceptors (Lipinski definition) is 2. The molecule has 1 saturated carbocycles. The molecule has 0 aromatic rings. The average Bonchev–Trinajstić information content (AvgIpc) is 2.90. The van der Waals surface area contributed by atoms with E-state index < -0.39 is 0 Å². The Morgan fingerprint density at radius 1 is 1.18 bits per heavy atom. The quantitative estimate of drug-likeness (QED) is 0.814. The van der Waals surface area contributed by atoms with Crippen molar-refractivity contribution in [3.05, 3.63) is 0 Å². The molecule has 1 saturated heterocycles. The van der Waals surface area contributed by atoms with Crippen LogP contribution in [0.1, 0.15) is 51.9 Å². The molecule has 0 bridgehead atoms. The van der Waals surface area contributed by atoms with Gasteiger partial charge in [0, 0.05) is 19.1 Å². The lowest BCUT2D eigenvalue weighted by molar-refractivity contribution is -0.129. The summed E-state index contributed by atoms with van der Waals surface area (Å²) >= 11 is 0. The Labute approximate surface area is 105 Å². The Kier molecular flexibility index (Phi) is 4.84. The molecule has 1 amide bonds. The smallest absolute Gasteiger partial charge is 0.236 e. The van der Waals surface area contributed by atoms with Crippen molar-refractivity contribution in [3.8, 4) is 0 Å². The molecule has 98 valence electrons. The summed E-state index contributed by atoms with van der Waals surface area (Å²) < 4.78 is 0. The molecule has 1 N–H and O–H groups in total. The highest BCUT2D eigenvalue weighted by Gasteiger charge is 2.22. The molecule has 1 aliphatic carbocycles. The summed E-state index contributed by atoms with van der Waals surface area (Å²) in [5.41, 5.74) is 0. The Morgan fingerprint density at radius 3 is 2.47 bits per heavy atom. The van der Waals surface area contributed by atoms with E-state index in [1.54, 1.807) is 0 Å². The van der Waals surface area contributed by atoms with Gasteiger partial charge in [-0.15, -0.1) is 0 Å². The van der Waals surface area contributed by atoms with E-state index in [1.165, 1.54) is 44.9 Å².